The van der Waals surface area contributed by atoms with Gasteiger partial charge in [-0.2, -0.15) is 0 Å². The van der Waals surface area contributed by atoms with Crippen molar-refractivity contribution in [3.05, 3.63) is 75.8 Å². The van der Waals surface area contributed by atoms with Gasteiger partial charge in [-0.1, -0.05) is 30.3 Å². The maximum Gasteiger partial charge on any atom is 0.223 e. The second-order valence-electron chi connectivity index (χ2n) is 9.18. The van der Waals surface area contributed by atoms with Gasteiger partial charge in [-0.3, -0.25) is 9.59 Å². The van der Waals surface area contributed by atoms with E-state index in [4.69, 9.17) is 5.73 Å². The minimum atomic E-state index is -0.0846. The molecule has 0 bridgehead atoms. The number of nitrogens with two attached hydrogens (primary N) is 1. The van der Waals surface area contributed by atoms with Crippen LogP contribution in [-0.4, -0.2) is 35.2 Å². The molecule has 2 aliphatic heterocycles. The summed E-state index contributed by atoms with van der Waals surface area (Å²) in [7, 11) is 0. The highest BCUT2D eigenvalue weighted by Gasteiger charge is 2.30. The smallest absolute Gasteiger partial charge is 0.223 e. The molecular weight excluding hydrogens is 444 g/mol. The molecule has 2 aromatic rings. The van der Waals surface area contributed by atoms with E-state index in [2.05, 4.69) is 48.1 Å². The number of nitrogens with one attached hydrogen (secondary N) is 2. The molecule has 2 atom stereocenters. The highest BCUT2D eigenvalue weighted by atomic mass is 32.2. The molecule has 4 rings (SSSR count). The summed E-state index contributed by atoms with van der Waals surface area (Å²) >= 11 is 1.69. The molecule has 2 aromatic carbocycles. The SMILES string of the molecule is Cc1cccc(C)c1CC1=CSC(CNC(=O)CCC(=O)N2CCCC2c2cccc(N)c2)N1. The number of nitrogen functional groups attached to an aromatic ring is 1. The van der Waals surface area contributed by atoms with Crippen LogP contribution in [0.1, 0.15) is 54.0 Å². The van der Waals surface area contributed by atoms with Gasteiger partial charge in [-0.05, 0) is 66.5 Å². The normalized spacial score (nSPS) is 19.6. The van der Waals surface area contributed by atoms with Crippen LogP contribution in [0.5, 0.6) is 0 Å². The lowest BCUT2D eigenvalue weighted by molar-refractivity contribution is -0.134. The fraction of sp³-hybridized carbons (Fsp3) is 0.407. The maximum absolute atomic E-state index is 12.8. The Morgan fingerprint density at radius 1 is 1.15 bits per heavy atom. The van der Waals surface area contributed by atoms with Crippen LogP contribution in [-0.2, 0) is 16.0 Å². The van der Waals surface area contributed by atoms with Crippen molar-refractivity contribution in [2.24, 2.45) is 0 Å². The predicted octanol–water partition coefficient (Wildman–Crippen LogP) is 4.19. The summed E-state index contributed by atoms with van der Waals surface area (Å²) in [5, 5.41) is 8.76. The number of hydrogen-bond donors (Lipinski definition) is 3. The first kappa shape index (κ1) is 24.2. The second kappa shape index (κ2) is 11.0. The van der Waals surface area contributed by atoms with Gasteiger partial charge in [0.2, 0.25) is 11.8 Å². The molecule has 2 unspecified atom stereocenters. The number of thioether (sulfide) groups is 1. The van der Waals surface area contributed by atoms with Crippen LogP contribution in [0.15, 0.2) is 53.6 Å². The molecule has 2 aliphatic rings. The van der Waals surface area contributed by atoms with Crippen LogP contribution in [0.4, 0.5) is 5.69 Å². The summed E-state index contributed by atoms with van der Waals surface area (Å²) in [4.78, 5) is 27.2. The average Bonchev–Trinajstić information content (AvgIpc) is 3.48. The summed E-state index contributed by atoms with van der Waals surface area (Å²) in [6, 6.07) is 14.2. The second-order valence-corrected chi connectivity index (χ2v) is 10.3. The number of hydrogen-bond acceptors (Lipinski definition) is 5. The van der Waals surface area contributed by atoms with E-state index in [-0.39, 0.29) is 36.1 Å². The molecule has 1 saturated heterocycles. The molecule has 0 spiro atoms. The molecular formula is C27H34N4O2S. The zero-order valence-corrected chi connectivity index (χ0v) is 20.8. The van der Waals surface area contributed by atoms with E-state index in [0.29, 0.717) is 12.2 Å². The van der Waals surface area contributed by atoms with E-state index in [9.17, 15) is 9.59 Å². The van der Waals surface area contributed by atoms with Gasteiger partial charge in [0.25, 0.3) is 0 Å². The maximum atomic E-state index is 12.8. The zero-order valence-electron chi connectivity index (χ0n) is 20.0. The Bertz CT molecular complexity index is 1060. The molecule has 4 N–H and O–H groups in total. The molecule has 1 fully saturated rings. The van der Waals surface area contributed by atoms with Gasteiger partial charge >= 0.3 is 0 Å². The lowest BCUT2D eigenvalue weighted by Gasteiger charge is -2.25. The monoisotopic (exact) mass is 478 g/mol. The Labute approximate surface area is 206 Å². The first-order valence-electron chi connectivity index (χ1n) is 12.0. The van der Waals surface area contributed by atoms with Crippen LogP contribution in [0.3, 0.4) is 0 Å². The van der Waals surface area contributed by atoms with Crippen molar-refractivity contribution >= 4 is 29.3 Å². The molecule has 0 aliphatic carbocycles. The summed E-state index contributed by atoms with van der Waals surface area (Å²) in [5.74, 6) is -0.0513. The number of likely N-dealkylation sites (tertiary alicyclic amines) is 1. The van der Waals surface area contributed by atoms with Crippen molar-refractivity contribution in [3.8, 4) is 0 Å². The number of aryl methyl sites for hydroxylation is 2. The van der Waals surface area contributed by atoms with Crippen molar-refractivity contribution in [2.75, 3.05) is 18.8 Å². The lowest BCUT2D eigenvalue weighted by atomic mass is 9.99. The minimum absolute atomic E-state index is 0.0333. The lowest BCUT2D eigenvalue weighted by Crippen LogP contribution is -2.37. The Balaban J connectivity index is 1.19. The Morgan fingerprint density at radius 3 is 2.68 bits per heavy atom. The average molecular weight is 479 g/mol. The van der Waals surface area contributed by atoms with Gasteiger partial charge in [0.05, 0.1) is 11.4 Å². The molecule has 6 nitrogen and oxygen atoms in total. The van der Waals surface area contributed by atoms with Crippen molar-refractivity contribution in [1.29, 1.82) is 0 Å². The fourth-order valence-corrected chi connectivity index (χ4v) is 5.67. The topological polar surface area (TPSA) is 87.5 Å². The number of carbonyl (C=O) groups is 2. The van der Waals surface area contributed by atoms with Crippen LogP contribution >= 0.6 is 11.8 Å². The van der Waals surface area contributed by atoms with E-state index in [1.54, 1.807) is 11.8 Å². The van der Waals surface area contributed by atoms with Gasteiger partial charge < -0.3 is 21.3 Å². The molecule has 7 heteroatoms. The number of rotatable bonds is 8. The molecule has 0 aromatic heterocycles. The standard InChI is InChI=1S/C27H34N4O2S/c1-18-6-3-7-19(2)23(18)15-22-17-34-26(30-22)16-29-25(32)11-12-27(33)31-13-5-10-24(31)20-8-4-9-21(28)14-20/h3-4,6-9,14,17,24,26,30H,5,10-13,15-16,28H2,1-2H3,(H,29,32). The van der Waals surface area contributed by atoms with E-state index in [1.807, 2.05) is 29.2 Å². The van der Waals surface area contributed by atoms with Gasteiger partial charge in [0.15, 0.2) is 0 Å². The third kappa shape index (κ3) is 5.95. The van der Waals surface area contributed by atoms with Crippen molar-refractivity contribution in [3.63, 3.8) is 0 Å². The molecule has 2 amide bonds. The Hall–Kier alpha value is -2.93. The van der Waals surface area contributed by atoms with Crippen LogP contribution in [0.25, 0.3) is 0 Å². The zero-order chi connectivity index (χ0) is 24.1. The van der Waals surface area contributed by atoms with Gasteiger partial charge in [-0.25, -0.2) is 0 Å². The molecule has 0 radical (unpaired) electrons. The number of benzene rings is 2. The van der Waals surface area contributed by atoms with E-state index in [0.717, 1.165) is 31.4 Å². The molecule has 0 saturated carbocycles. The number of amides is 2. The van der Waals surface area contributed by atoms with Gasteiger partial charge in [0, 0.05) is 43.7 Å². The Kier molecular flexibility index (Phi) is 7.83. The van der Waals surface area contributed by atoms with Crippen molar-refractivity contribution in [1.82, 2.24) is 15.5 Å². The van der Waals surface area contributed by atoms with E-state index < -0.39 is 0 Å². The van der Waals surface area contributed by atoms with Crippen LogP contribution in [0, 0.1) is 13.8 Å². The van der Waals surface area contributed by atoms with Crippen molar-refractivity contribution < 1.29 is 9.59 Å². The number of allylic oxidation sites excluding steroid dienone is 1. The Morgan fingerprint density at radius 2 is 1.91 bits per heavy atom. The van der Waals surface area contributed by atoms with E-state index >= 15 is 0 Å². The van der Waals surface area contributed by atoms with E-state index in [1.165, 1.54) is 22.4 Å². The first-order chi connectivity index (χ1) is 16.4. The van der Waals surface area contributed by atoms with Gasteiger partial charge in [0.1, 0.15) is 0 Å². The molecule has 34 heavy (non-hydrogen) atoms. The molecule has 180 valence electrons. The van der Waals surface area contributed by atoms with Crippen LogP contribution < -0.4 is 16.4 Å². The number of nitrogens with zero attached hydrogens (tertiary/aromatic N) is 1. The highest BCUT2D eigenvalue weighted by Crippen LogP contribution is 2.33. The van der Waals surface area contributed by atoms with Crippen molar-refractivity contribution in [2.45, 2.75) is 57.4 Å². The quantitative estimate of drug-likeness (QED) is 0.495. The number of carbonyl (C=O) groups excluding carboxylic acids is 2. The molecule has 2 heterocycles. The fourth-order valence-electron chi connectivity index (χ4n) is 4.79. The predicted molar refractivity (Wildman–Crippen MR) is 139 cm³/mol. The highest BCUT2D eigenvalue weighted by molar-refractivity contribution is 8.03. The summed E-state index contributed by atoms with van der Waals surface area (Å²) < 4.78 is 0. The minimum Gasteiger partial charge on any atom is -0.399 e. The summed E-state index contributed by atoms with van der Waals surface area (Å²) in [5.41, 5.74) is 12.8. The summed E-state index contributed by atoms with van der Waals surface area (Å²) in [6.07, 6.45) is 3.21. The number of anilines is 1. The van der Waals surface area contributed by atoms with Gasteiger partial charge in [-0.15, -0.1) is 11.8 Å². The first-order valence-corrected chi connectivity index (χ1v) is 12.9. The third-order valence-corrected chi connectivity index (χ3v) is 7.69. The largest absolute Gasteiger partial charge is 0.399 e. The van der Waals surface area contributed by atoms with Crippen LogP contribution in [0.2, 0.25) is 0 Å². The third-order valence-electron chi connectivity index (χ3n) is 6.65. The summed E-state index contributed by atoms with van der Waals surface area (Å²) in [6.45, 7) is 5.55.